The molecular weight excluding hydrogens is 438 g/mol. The van der Waals surface area contributed by atoms with Gasteiger partial charge in [0.2, 0.25) is 26.6 Å². The molecule has 4 rings (SSSR count). The highest BCUT2D eigenvalue weighted by Gasteiger charge is 2.32. The van der Waals surface area contributed by atoms with Crippen molar-refractivity contribution >= 4 is 21.4 Å². The SMILES string of the molecule is CCOc1ccc(S(=O)(=O)c2nc(-c3cccc([N+](=O)[O-])c3)oc2N2CCOCC2)cc1. The Morgan fingerprint density at radius 1 is 1.16 bits per heavy atom. The molecule has 0 unspecified atom stereocenters. The van der Waals surface area contributed by atoms with Crippen molar-refractivity contribution in [3.05, 3.63) is 58.6 Å². The van der Waals surface area contributed by atoms with E-state index in [2.05, 4.69) is 4.98 Å². The van der Waals surface area contributed by atoms with Gasteiger partial charge in [0.1, 0.15) is 5.75 Å². The first-order chi connectivity index (χ1) is 15.4. The number of nitro benzene ring substituents is 1. The first kappa shape index (κ1) is 21.8. The third-order valence-electron chi connectivity index (χ3n) is 4.88. The van der Waals surface area contributed by atoms with E-state index in [1.165, 1.54) is 30.3 Å². The lowest BCUT2D eigenvalue weighted by Gasteiger charge is -2.26. The van der Waals surface area contributed by atoms with Crippen LogP contribution in [0.25, 0.3) is 11.5 Å². The Bertz CT molecular complexity index is 1220. The van der Waals surface area contributed by atoms with E-state index >= 15 is 0 Å². The summed E-state index contributed by atoms with van der Waals surface area (Å²) in [4.78, 5) is 16.7. The monoisotopic (exact) mass is 459 g/mol. The number of rotatable bonds is 7. The summed E-state index contributed by atoms with van der Waals surface area (Å²) in [6.45, 7) is 3.97. The van der Waals surface area contributed by atoms with E-state index in [1.807, 2.05) is 6.92 Å². The number of hydrogen-bond acceptors (Lipinski definition) is 9. The highest BCUT2D eigenvalue weighted by Crippen LogP contribution is 2.36. The molecule has 3 aromatic rings. The molecule has 0 spiro atoms. The van der Waals surface area contributed by atoms with Gasteiger partial charge < -0.3 is 18.8 Å². The van der Waals surface area contributed by atoms with Crippen LogP contribution < -0.4 is 9.64 Å². The molecule has 0 saturated carbocycles. The first-order valence-electron chi connectivity index (χ1n) is 9.96. The first-order valence-corrected chi connectivity index (χ1v) is 11.4. The Labute approximate surface area is 184 Å². The molecule has 1 aliphatic heterocycles. The molecule has 0 bridgehead atoms. The van der Waals surface area contributed by atoms with Crippen molar-refractivity contribution in [3.8, 4) is 17.2 Å². The van der Waals surface area contributed by atoms with E-state index in [-0.39, 0.29) is 27.4 Å². The normalized spacial score (nSPS) is 14.3. The van der Waals surface area contributed by atoms with E-state index in [0.29, 0.717) is 44.2 Å². The topological polar surface area (TPSA) is 125 Å². The van der Waals surface area contributed by atoms with Crippen LogP contribution in [-0.2, 0) is 14.6 Å². The molecule has 0 radical (unpaired) electrons. The average molecular weight is 459 g/mol. The van der Waals surface area contributed by atoms with Gasteiger partial charge in [0.05, 0.1) is 29.6 Å². The Morgan fingerprint density at radius 3 is 2.53 bits per heavy atom. The minimum absolute atomic E-state index is 0.0142. The van der Waals surface area contributed by atoms with E-state index in [0.717, 1.165) is 0 Å². The molecule has 168 valence electrons. The number of benzene rings is 2. The minimum atomic E-state index is -4.04. The van der Waals surface area contributed by atoms with Crippen LogP contribution in [0.15, 0.2) is 62.9 Å². The molecule has 1 aliphatic rings. The fraction of sp³-hybridized carbons (Fsp3) is 0.286. The Morgan fingerprint density at radius 2 is 1.88 bits per heavy atom. The fourth-order valence-electron chi connectivity index (χ4n) is 3.31. The maximum absolute atomic E-state index is 13.5. The van der Waals surface area contributed by atoms with Crippen molar-refractivity contribution in [2.45, 2.75) is 16.8 Å². The quantitative estimate of drug-likeness (QED) is 0.386. The Balaban J connectivity index is 1.80. The molecule has 1 saturated heterocycles. The number of anilines is 1. The summed E-state index contributed by atoms with van der Waals surface area (Å²) >= 11 is 0. The van der Waals surface area contributed by atoms with E-state index in [4.69, 9.17) is 13.9 Å². The lowest BCUT2D eigenvalue weighted by molar-refractivity contribution is -0.384. The number of oxazole rings is 1. The second kappa shape index (κ2) is 8.97. The second-order valence-corrected chi connectivity index (χ2v) is 8.81. The van der Waals surface area contributed by atoms with Gasteiger partial charge in [-0.3, -0.25) is 10.1 Å². The molecule has 1 aromatic heterocycles. The van der Waals surface area contributed by atoms with Crippen LogP contribution in [0, 0.1) is 10.1 Å². The van der Waals surface area contributed by atoms with Crippen molar-refractivity contribution in [2.75, 3.05) is 37.8 Å². The van der Waals surface area contributed by atoms with E-state index in [1.54, 1.807) is 23.1 Å². The number of nitrogens with zero attached hydrogens (tertiary/aromatic N) is 3. The van der Waals surface area contributed by atoms with Crippen molar-refractivity contribution < 1.29 is 27.2 Å². The van der Waals surface area contributed by atoms with Gasteiger partial charge in [-0.1, -0.05) is 6.07 Å². The number of non-ortho nitro benzene ring substituents is 1. The molecule has 32 heavy (non-hydrogen) atoms. The van der Waals surface area contributed by atoms with Crippen LogP contribution in [0.3, 0.4) is 0 Å². The van der Waals surface area contributed by atoms with Crippen LogP contribution in [0.2, 0.25) is 0 Å². The highest BCUT2D eigenvalue weighted by molar-refractivity contribution is 7.91. The number of sulfone groups is 1. The van der Waals surface area contributed by atoms with Gasteiger partial charge >= 0.3 is 0 Å². The smallest absolute Gasteiger partial charge is 0.270 e. The van der Waals surface area contributed by atoms with Crippen LogP contribution in [0.5, 0.6) is 5.75 Å². The molecule has 2 aromatic carbocycles. The number of nitro groups is 1. The van der Waals surface area contributed by atoms with Crippen molar-refractivity contribution in [1.82, 2.24) is 4.98 Å². The Kier molecular flexibility index (Phi) is 6.10. The summed E-state index contributed by atoms with van der Waals surface area (Å²) in [6.07, 6.45) is 0. The highest BCUT2D eigenvalue weighted by atomic mass is 32.2. The van der Waals surface area contributed by atoms with Crippen molar-refractivity contribution in [2.24, 2.45) is 0 Å². The number of hydrogen-bond donors (Lipinski definition) is 0. The molecule has 0 aliphatic carbocycles. The van der Waals surface area contributed by atoms with E-state index in [9.17, 15) is 18.5 Å². The van der Waals surface area contributed by atoms with E-state index < -0.39 is 14.8 Å². The van der Waals surface area contributed by atoms with Gasteiger partial charge in [0.15, 0.2) is 0 Å². The molecule has 11 heteroatoms. The maximum Gasteiger partial charge on any atom is 0.270 e. The summed E-state index contributed by atoms with van der Waals surface area (Å²) < 4.78 is 43.5. The average Bonchev–Trinajstić information content (AvgIpc) is 3.27. The van der Waals surface area contributed by atoms with Crippen LogP contribution in [0.1, 0.15) is 6.92 Å². The van der Waals surface area contributed by atoms with Crippen LogP contribution >= 0.6 is 0 Å². The number of morpholine rings is 1. The van der Waals surface area contributed by atoms with Gasteiger partial charge in [-0.25, -0.2) is 8.42 Å². The summed E-state index contributed by atoms with van der Waals surface area (Å²) in [5, 5.41) is 10.9. The maximum atomic E-state index is 13.5. The third-order valence-corrected chi connectivity index (χ3v) is 6.55. The summed E-state index contributed by atoms with van der Waals surface area (Å²) in [5.41, 5.74) is 0.159. The van der Waals surface area contributed by atoms with Gasteiger partial charge in [-0.15, -0.1) is 0 Å². The zero-order chi connectivity index (χ0) is 22.7. The lowest BCUT2D eigenvalue weighted by Crippen LogP contribution is -2.36. The van der Waals surface area contributed by atoms with Gasteiger partial charge in [0.25, 0.3) is 5.69 Å². The molecule has 1 fully saturated rings. The molecular formula is C21H21N3O7S. The van der Waals surface area contributed by atoms with Gasteiger partial charge in [-0.05, 0) is 37.3 Å². The zero-order valence-electron chi connectivity index (χ0n) is 17.3. The lowest BCUT2D eigenvalue weighted by atomic mass is 10.2. The van der Waals surface area contributed by atoms with Gasteiger partial charge in [-0.2, -0.15) is 4.98 Å². The molecule has 0 atom stereocenters. The fourth-order valence-corrected chi connectivity index (χ4v) is 4.63. The predicted molar refractivity (Wildman–Crippen MR) is 115 cm³/mol. The standard InChI is InChI=1S/C21H21N3O7S/c1-2-30-17-6-8-18(9-7-17)32(27,28)20-21(23-10-12-29-13-11-23)31-19(22-20)15-4-3-5-16(14-15)24(25)26/h3-9,14H,2,10-13H2,1H3. The predicted octanol–water partition coefficient (Wildman–Crippen LogP) is 3.32. The minimum Gasteiger partial charge on any atom is -0.494 e. The second-order valence-electron chi connectivity index (χ2n) is 6.94. The molecule has 0 amide bonds. The number of ether oxygens (including phenoxy) is 2. The third kappa shape index (κ3) is 4.30. The molecule has 0 N–H and O–H groups in total. The molecule has 10 nitrogen and oxygen atoms in total. The largest absolute Gasteiger partial charge is 0.494 e. The number of aromatic nitrogens is 1. The summed E-state index contributed by atoms with van der Waals surface area (Å²) in [5.74, 6) is 0.626. The van der Waals surface area contributed by atoms with Crippen molar-refractivity contribution in [3.63, 3.8) is 0 Å². The van der Waals surface area contributed by atoms with Crippen molar-refractivity contribution in [1.29, 1.82) is 0 Å². The van der Waals surface area contributed by atoms with Crippen LogP contribution in [-0.4, -0.2) is 51.2 Å². The summed E-state index contributed by atoms with van der Waals surface area (Å²) in [7, 11) is -4.04. The molecule has 2 heterocycles. The van der Waals surface area contributed by atoms with Gasteiger partial charge in [0, 0.05) is 30.8 Å². The zero-order valence-corrected chi connectivity index (χ0v) is 18.1. The van der Waals surface area contributed by atoms with Crippen LogP contribution in [0.4, 0.5) is 11.6 Å². The summed E-state index contributed by atoms with van der Waals surface area (Å²) in [6, 6.07) is 11.8. The Hall–Kier alpha value is -3.44.